The lowest BCUT2D eigenvalue weighted by Crippen LogP contribution is -2.42. The highest BCUT2D eigenvalue weighted by Gasteiger charge is 2.43. The third kappa shape index (κ3) is 5.08. The molecule has 0 aromatic rings. The number of Topliss-reactive ketones (excluding diaryl/α,β-unsaturated/α-hetero) is 1. The van der Waals surface area contributed by atoms with Crippen molar-refractivity contribution in [2.24, 2.45) is 11.3 Å². The molecule has 2 nitrogen and oxygen atoms in total. The van der Waals surface area contributed by atoms with Gasteiger partial charge < -0.3 is 5.11 Å². The third-order valence-electron chi connectivity index (χ3n) is 6.34. The van der Waals surface area contributed by atoms with Crippen LogP contribution in [-0.2, 0) is 4.79 Å². The lowest BCUT2D eigenvalue weighted by atomic mass is 9.63. The van der Waals surface area contributed by atoms with Crippen LogP contribution in [0.25, 0.3) is 0 Å². The summed E-state index contributed by atoms with van der Waals surface area (Å²) in [6, 6.07) is 0. The molecule has 0 bridgehead atoms. The minimum atomic E-state index is -0.479. The molecule has 2 fully saturated rings. The number of aliphatic hydroxyl groups is 1. The summed E-state index contributed by atoms with van der Waals surface area (Å²) in [5, 5.41) is 10.8. The van der Waals surface area contributed by atoms with E-state index in [9.17, 15) is 9.90 Å². The zero-order chi connectivity index (χ0) is 16.1. The number of carbonyl (C=O) groups excluding carboxylic acids is 1. The van der Waals surface area contributed by atoms with Crippen LogP contribution in [0, 0.1) is 11.3 Å². The Morgan fingerprint density at radius 2 is 1.64 bits per heavy atom. The Labute approximate surface area is 137 Å². The van der Waals surface area contributed by atoms with Gasteiger partial charge in [0, 0.05) is 5.41 Å². The van der Waals surface area contributed by atoms with Crippen molar-refractivity contribution in [1.82, 2.24) is 0 Å². The largest absolute Gasteiger partial charge is 0.390 e. The zero-order valence-corrected chi connectivity index (χ0v) is 14.8. The van der Waals surface area contributed by atoms with Gasteiger partial charge in [-0.1, -0.05) is 58.3 Å². The maximum Gasteiger partial charge on any atom is 0.135 e. The molecule has 2 aliphatic carbocycles. The van der Waals surface area contributed by atoms with E-state index in [1.54, 1.807) is 6.92 Å². The van der Waals surface area contributed by atoms with Crippen LogP contribution in [0.1, 0.15) is 104 Å². The SMILES string of the molecule is CCCCCC1(C(C)=O)CCC(O)(CCCCC2CC2)CC1. The van der Waals surface area contributed by atoms with Crippen LogP contribution in [0.3, 0.4) is 0 Å². The highest BCUT2D eigenvalue weighted by Crippen LogP contribution is 2.46. The average Bonchev–Trinajstić information content (AvgIpc) is 3.31. The Balaban J connectivity index is 1.75. The molecule has 22 heavy (non-hydrogen) atoms. The Morgan fingerprint density at radius 3 is 2.18 bits per heavy atom. The van der Waals surface area contributed by atoms with Crippen LogP contribution < -0.4 is 0 Å². The molecular formula is C20H36O2. The van der Waals surface area contributed by atoms with E-state index in [0.29, 0.717) is 5.78 Å². The van der Waals surface area contributed by atoms with E-state index in [-0.39, 0.29) is 5.41 Å². The summed E-state index contributed by atoms with van der Waals surface area (Å²) in [5.74, 6) is 1.37. The smallest absolute Gasteiger partial charge is 0.135 e. The Bertz CT molecular complexity index is 349. The van der Waals surface area contributed by atoms with Gasteiger partial charge in [-0.25, -0.2) is 0 Å². The second-order valence-corrected chi connectivity index (χ2v) is 8.21. The second kappa shape index (κ2) is 7.95. The number of ketones is 1. The van der Waals surface area contributed by atoms with Crippen molar-refractivity contribution in [2.75, 3.05) is 0 Å². The van der Waals surface area contributed by atoms with E-state index >= 15 is 0 Å². The molecule has 0 atom stereocenters. The number of hydrogen-bond acceptors (Lipinski definition) is 2. The maximum absolute atomic E-state index is 12.2. The molecular weight excluding hydrogens is 272 g/mol. The van der Waals surface area contributed by atoms with E-state index in [0.717, 1.165) is 57.3 Å². The molecule has 128 valence electrons. The topological polar surface area (TPSA) is 37.3 Å². The average molecular weight is 309 g/mol. The first-order valence-electron chi connectivity index (χ1n) is 9.73. The first-order valence-corrected chi connectivity index (χ1v) is 9.73. The third-order valence-corrected chi connectivity index (χ3v) is 6.34. The second-order valence-electron chi connectivity index (χ2n) is 8.21. The highest BCUT2D eigenvalue weighted by atomic mass is 16.3. The molecule has 2 heteroatoms. The lowest BCUT2D eigenvalue weighted by Gasteiger charge is -2.43. The van der Waals surface area contributed by atoms with Gasteiger partial charge in [0.25, 0.3) is 0 Å². The normalized spacial score (nSPS) is 32.1. The summed E-state index contributed by atoms with van der Waals surface area (Å²) < 4.78 is 0. The number of hydrogen-bond donors (Lipinski definition) is 1. The van der Waals surface area contributed by atoms with E-state index < -0.39 is 5.60 Å². The van der Waals surface area contributed by atoms with Crippen molar-refractivity contribution in [2.45, 2.75) is 109 Å². The molecule has 2 saturated carbocycles. The van der Waals surface area contributed by atoms with Gasteiger partial charge in [-0.3, -0.25) is 4.79 Å². The zero-order valence-electron chi connectivity index (χ0n) is 14.8. The fourth-order valence-electron chi connectivity index (χ4n) is 4.23. The van der Waals surface area contributed by atoms with Crippen LogP contribution in [-0.4, -0.2) is 16.5 Å². The van der Waals surface area contributed by atoms with E-state index in [1.807, 2.05) is 0 Å². The Morgan fingerprint density at radius 1 is 1.00 bits per heavy atom. The molecule has 0 spiro atoms. The molecule has 1 N–H and O–H groups in total. The molecule has 2 rings (SSSR count). The summed E-state index contributed by atoms with van der Waals surface area (Å²) in [5.41, 5.74) is -0.595. The predicted molar refractivity (Wildman–Crippen MR) is 91.9 cm³/mol. The van der Waals surface area contributed by atoms with E-state index in [1.165, 1.54) is 38.5 Å². The van der Waals surface area contributed by atoms with Crippen LogP contribution in [0.4, 0.5) is 0 Å². The van der Waals surface area contributed by atoms with Gasteiger partial charge in [0.2, 0.25) is 0 Å². The molecule has 0 unspecified atom stereocenters. The van der Waals surface area contributed by atoms with Gasteiger partial charge in [0.1, 0.15) is 5.78 Å². The summed E-state index contributed by atoms with van der Waals surface area (Å²) >= 11 is 0. The summed E-state index contributed by atoms with van der Waals surface area (Å²) in [4.78, 5) is 12.2. The minimum absolute atomic E-state index is 0.116. The van der Waals surface area contributed by atoms with E-state index in [2.05, 4.69) is 6.92 Å². The first kappa shape index (κ1) is 18.0. The van der Waals surface area contributed by atoms with Crippen LogP contribution in [0.2, 0.25) is 0 Å². The predicted octanol–water partition coefficient (Wildman–Crippen LogP) is 5.42. The molecule has 0 heterocycles. The molecule has 2 aliphatic rings. The molecule has 0 amide bonds. The van der Waals surface area contributed by atoms with Gasteiger partial charge in [-0.15, -0.1) is 0 Å². The van der Waals surface area contributed by atoms with Crippen molar-refractivity contribution in [1.29, 1.82) is 0 Å². The van der Waals surface area contributed by atoms with Gasteiger partial charge in [0.05, 0.1) is 5.60 Å². The lowest BCUT2D eigenvalue weighted by molar-refractivity contribution is -0.133. The van der Waals surface area contributed by atoms with Gasteiger partial charge in [-0.2, -0.15) is 0 Å². The minimum Gasteiger partial charge on any atom is -0.390 e. The molecule has 0 aliphatic heterocycles. The first-order chi connectivity index (χ1) is 10.5. The summed E-state index contributed by atoms with van der Waals surface area (Å²) in [6.07, 6.45) is 15.7. The standard InChI is InChI=1S/C20H36O2/c1-3-4-6-11-19(17(2)21)13-15-20(22,16-14-19)12-7-5-8-18-9-10-18/h18,22H,3-16H2,1-2H3. The van der Waals surface area contributed by atoms with Crippen molar-refractivity contribution in [3.8, 4) is 0 Å². The van der Waals surface area contributed by atoms with E-state index in [4.69, 9.17) is 0 Å². The number of rotatable bonds is 10. The van der Waals surface area contributed by atoms with Crippen LogP contribution in [0.15, 0.2) is 0 Å². The maximum atomic E-state index is 12.2. The monoisotopic (exact) mass is 308 g/mol. The number of carbonyl (C=O) groups is 1. The fraction of sp³-hybridized carbons (Fsp3) is 0.950. The van der Waals surface area contributed by atoms with Crippen molar-refractivity contribution in [3.05, 3.63) is 0 Å². The number of unbranched alkanes of at least 4 members (excludes halogenated alkanes) is 3. The van der Waals surface area contributed by atoms with Gasteiger partial charge in [-0.05, 0) is 51.4 Å². The summed E-state index contributed by atoms with van der Waals surface area (Å²) in [6.45, 7) is 3.98. The molecule has 0 saturated heterocycles. The highest BCUT2D eigenvalue weighted by molar-refractivity contribution is 5.82. The van der Waals surface area contributed by atoms with Crippen molar-refractivity contribution >= 4 is 5.78 Å². The van der Waals surface area contributed by atoms with Crippen LogP contribution in [0.5, 0.6) is 0 Å². The Hall–Kier alpha value is -0.370. The van der Waals surface area contributed by atoms with Crippen molar-refractivity contribution < 1.29 is 9.90 Å². The molecule has 0 aromatic carbocycles. The molecule has 0 aromatic heterocycles. The van der Waals surface area contributed by atoms with Crippen LogP contribution >= 0.6 is 0 Å². The van der Waals surface area contributed by atoms with Gasteiger partial charge >= 0.3 is 0 Å². The quantitative estimate of drug-likeness (QED) is 0.547. The van der Waals surface area contributed by atoms with Gasteiger partial charge in [0.15, 0.2) is 0 Å². The summed E-state index contributed by atoms with van der Waals surface area (Å²) in [7, 11) is 0. The fourth-order valence-corrected chi connectivity index (χ4v) is 4.23. The Kier molecular flexibility index (Phi) is 6.49. The van der Waals surface area contributed by atoms with Crippen molar-refractivity contribution in [3.63, 3.8) is 0 Å². The molecule has 0 radical (unpaired) electrons.